The molecule has 0 spiro atoms. The first kappa shape index (κ1) is 21.0. The number of carbonyl (C=O) groups excluding carboxylic acids is 1. The van der Waals surface area contributed by atoms with Gasteiger partial charge in [0.05, 0.1) is 32.2 Å². The van der Waals surface area contributed by atoms with Gasteiger partial charge in [-0.05, 0) is 29.8 Å². The number of hydrogen-bond acceptors (Lipinski definition) is 5. The summed E-state index contributed by atoms with van der Waals surface area (Å²) in [5, 5.41) is 3.24. The van der Waals surface area contributed by atoms with Crippen LogP contribution in [0.3, 0.4) is 0 Å². The highest BCUT2D eigenvalue weighted by Crippen LogP contribution is 2.29. The minimum atomic E-state index is -3.53. The Kier molecular flexibility index (Phi) is 7.06. The molecule has 2 N–H and O–H groups in total. The van der Waals surface area contributed by atoms with Crippen LogP contribution in [0.25, 0.3) is 0 Å². The minimum Gasteiger partial charge on any atom is -0.497 e. The molecule has 2 aromatic carbocycles. The molecule has 0 heterocycles. The zero-order valence-electron chi connectivity index (χ0n) is 15.2. The van der Waals surface area contributed by atoms with Gasteiger partial charge in [0, 0.05) is 17.5 Å². The highest BCUT2D eigenvalue weighted by molar-refractivity contribution is 7.88. The summed E-state index contributed by atoms with van der Waals surface area (Å²) in [5.41, 5.74) is 1.05. The Hall–Kier alpha value is -2.29. The number of halogens is 1. The number of nitrogens with one attached hydrogen (secondary N) is 2. The number of carbonyl (C=O) groups is 1. The van der Waals surface area contributed by atoms with E-state index in [2.05, 4.69) is 10.0 Å². The first-order valence-electron chi connectivity index (χ1n) is 7.96. The molecule has 0 aromatic heterocycles. The van der Waals surface area contributed by atoms with Crippen LogP contribution < -0.4 is 19.5 Å². The van der Waals surface area contributed by atoms with Crippen LogP contribution in [0.1, 0.15) is 18.0 Å². The van der Waals surface area contributed by atoms with Crippen LogP contribution in [0.4, 0.5) is 5.69 Å². The van der Waals surface area contributed by atoms with Crippen molar-refractivity contribution in [1.82, 2.24) is 4.72 Å². The second kappa shape index (κ2) is 9.07. The Morgan fingerprint density at radius 1 is 1.11 bits per heavy atom. The fourth-order valence-electron chi connectivity index (χ4n) is 2.48. The van der Waals surface area contributed by atoms with E-state index in [9.17, 15) is 13.2 Å². The molecule has 0 radical (unpaired) electrons. The van der Waals surface area contributed by atoms with Crippen molar-refractivity contribution in [3.8, 4) is 11.5 Å². The van der Waals surface area contributed by atoms with Gasteiger partial charge in [-0.15, -0.1) is 0 Å². The van der Waals surface area contributed by atoms with E-state index in [0.29, 0.717) is 27.8 Å². The smallest absolute Gasteiger partial charge is 0.226 e. The van der Waals surface area contributed by atoms with Crippen LogP contribution in [0.15, 0.2) is 42.5 Å². The average molecular weight is 413 g/mol. The van der Waals surface area contributed by atoms with Crippen molar-refractivity contribution in [2.24, 2.45) is 0 Å². The summed E-state index contributed by atoms with van der Waals surface area (Å²) in [7, 11) is -0.532. The topological polar surface area (TPSA) is 93.7 Å². The van der Waals surface area contributed by atoms with Crippen LogP contribution in [-0.4, -0.2) is 34.8 Å². The van der Waals surface area contributed by atoms with Crippen molar-refractivity contribution in [3.05, 3.63) is 53.1 Å². The number of sulfonamides is 1. The summed E-state index contributed by atoms with van der Waals surface area (Å²) in [6, 6.07) is 10.9. The van der Waals surface area contributed by atoms with Gasteiger partial charge in [-0.3, -0.25) is 4.79 Å². The monoisotopic (exact) mass is 412 g/mol. The maximum Gasteiger partial charge on any atom is 0.226 e. The van der Waals surface area contributed by atoms with Gasteiger partial charge in [-0.25, -0.2) is 13.1 Å². The van der Waals surface area contributed by atoms with Crippen molar-refractivity contribution < 1.29 is 22.7 Å². The van der Waals surface area contributed by atoms with Gasteiger partial charge in [0.15, 0.2) is 0 Å². The summed E-state index contributed by atoms with van der Waals surface area (Å²) in [4.78, 5) is 12.5. The molecule has 1 amide bonds. The Balaban J connectivity index is 2.22. The summed E-state index contributed by atoms with van der Waals surface area (Å²) in [6.07, 6.45) is 0.925. The van der Waals surface area contributed by atoms with E-state index in [-0.39, 0.29) is 6.42 Å². The van der Waals surface area contributed by atoms with Crippen molar-refractivity contribution in [1.29, 1.82) is 0 Å². The van der Waals surface area contributed by atoms with Crippen LogP contribution in [0, 0.1) is 0 Å². The zero-order chi connectivity index (χ0) is 20.0. The SMILES string of the molecule is COc1ccc(OC)c(NC(=O)C[C@H](NS(C)(=O)=O)c2ccc(Cl)cc2)c1. The number of methoxy groups -OCH3 is 2. The third-order valence-corrected chi connectivity index (χ3v) is 4.66. The summed E-state index contributed by atoms with van der Waals surface area (Å²) >= 11 is 5.88. The first-order valence-corrected chi connectivity index (χ1v) is 10.2. The van der Waals surface area contributed by atoms with Gasteiger partial charge in [0.25, 0.3) is 0 Å². The molecule has 9 heteroatoms. The van der Waals surface area contributed by atoms with Crippen LogP contribution in [-0.2, 0) is 14.8 Å². The van der Waals surface area contributed by atoms with E-state index < -0.39 is 22.0 Å². The van der Waals surface area contributed by atoms with E-state index in [1.807, 2.05) is 0 Å². The lowest BCUT2D eigenvalue weighted by atomic mass is 10.0. The molecule has 0 saturated carbocycles. The standard InChI is InChI=1S/C18H21ClN2O5S/c1-25-14-8-9-17(26-2)16(10-14)20-18(22)11-15(21-27(3,23)24)12-4-6-13(19)7-5-12/h4-10,15,21H,11H2,1-3H3,(H,20,22)/t15-/m0/s1. The molecule has 0 unspecified atom stereocenters. The lowest BCUT2D eigenvalue weighted by Crippen LogP contribution is -2.30. The molecular weight excluding hydrogens is 392 g/mol. The molecule has 0 aliphatic heterocycles. The van der Waals surface area contributed by atoms with Gasteiger partial charge in [-0.2, -0.15) is 0 Å². The number of hydrogen-bond donors (Lipinski definition) is 2. The highest BCUT2D eigenvalue weighted by Gasteiger charge is 2.21. The Bertz CT molecular complexity index is 900. The van der Waals surface area contributed by atoms with Gasteiger partial charge < -0.3 is 14.8 Å². The van der Waals surface area contributed by atoms with E-state index in [4.69, 9.17) is 21.1 Å². The Labute approximate surface area is 163 Å². The van der Waals surface area contributed by atoms with Crippen LogP contribution in [0.2, 0.25) is 5.02 Å². The minimum absolute atomic E-state index is 0.116. The normalized spacial score (nSPS) is 12.3. The quantitative estimate of drug-likeness (QED) is 0.695. The van der Waals surface area contributed by atoms with Gasteiger partial charge in [0.2, 0.25) is 15.9 Å². The van der Waals surface area contributed by atoms with Crippen LogP contribution in [0.5, 0.6) is 11.5 Å². The van der Waals surface area contributed by atoms with Gasteiger partial charge >= 0.3 is 0 Å². The van der Waals surface area contributed by atoms with Crippen molar-refractivity contribution in [3.63, 3.8) is 0 Å². The number of amides is 1. The maximum atomic E-state index is 12.5. The maximum absolute atomic E-state index is 12.5. The fourth-order valence-corrected chi connectivity index (χ4v) is 3.34. The zero-order valence-corrected chi connectivity index (χ0v) is 16.7. The Morgan fingerprint density at radius 2 is 1.78 bits per heavy atom. The lowest BCUT2D eigenvalue weighted by Gasteiger charge is -2.18. The van der Waals surface area contributed by atoms with E-state index in [1.54, 1.807) is 42.5 Å². The fraction of sp³-hybridized carbons (Fsp3) is 0.278. The predicted octanol–water partition coefficient (Wildman–Crippen LogP) is 2.98. The molecule has 2 aromatic rings. The summed E-state index contributed by atoms with van der Waals surface area (Å²) in [6.45, 7) is 0. The number of anilines is 1. The highest BCUT2D eigenvalue weighted by atomic mass is 35.5. The number of rotatable bonds is 8. The number of ether oxygens (including phenoxy) is 2. The van der Waals surface area contributed by atoms with Crippen LogP contribution >= 0.6 is 11.6 Å². The van der Waals surface area contributed by atoms with Crippen molar-refractivity contribution in [2.45, 2.75) is 12.5 Å². The summed E-state index contributed by atoms with van der Waals surface area (Å²) < 4.78 is 36.3. The second-order valence-corrected chi connectivity index (χ2v) is 8.03. The number of benzene rings is 2. The average Bonchev–Trinajstić information content (AvgIpc) is 2.60. The molecule has 146 valence electrons. The molecule has 1 atom stereocenters. The molecule has 0 aliphatic carbocycles. The molecule has 2 rings (SSSR count). The molecule has 0 aliphatic rings. The Morgan fingerprint density at radius 3 is 2.33 bits per heavy atom. The molecule has 0 fully saturated rings. The first-order chi connectivity index (χ1) is 12.7. The predicted molar refractivity (Wildman–Crippen MR) is 105 cm³/mol. The largest absolute Gasteiger partial charge is 0.497 e. The third kappa shape index (κ3) is 6.42. The van der Waals surface area contributed by atoms with Gasteiger partial charge in [-0.1, -0.05) is 23.7 Å². The molecular formula is C18H21ClN2O5S. The lowest BCUT2D eigenvalue weighted by molar-refractivity contribution is -0.116. The summed E-state index contributed by atoms with van der Waals surface area (Å²) in [5.74, 6) is 0.621. The van der Waals surface area contributed by atoms with Crippen molar-refractivity contribution >= 4 is 33.2 Å². The van der Waals surface area contributed by atoms with E-state index in [1.165, 1.54) is 14.2 Å². The molecule has 0 saturated heterocycles. The van der Waals surface area contributed by atoms with E-state index in [0.717, 1.165) is 6.26 Å². The van der Waals surface area contributed by atoms with Gasteiger partial charge in [0.1, 0.15) is 11.5 Å². The van der Waals surface area contributed by atoms with Crippen molar-refractivity contribution in [2.75, 3.05) is 25.8 Å². The molecule has 0 bridgehead atoms. The molecule has 7 nitrogen and oxygen atoms in total. The van der Waals surface area contributed by atoms with E-state index >= 15 is 0 Å². The second-order valence-electron chi connectivity index (χ2n) is 5.81. The molecule has 27 heavy (non-hydrogen) atoms. The third-order valence-electron chi connectivity index (χ3n) is 3.70.